The van der Waals surface area contributed by atoms with Gasteiger partial charge in [0.1, 0.15) is 5.82 Å². The first kappa shape index (κ1) is 22.3. The summed E-state index contributed by atoms with van der Waals surface area (Å²) < 4.78 is 5.03. The van der Waals surface area contributed by atoms with Gasteiger partial charge in [-0.25, -0.2) is 4.98 Å². The summed E-state index contributed by atoms with van der Waals surface area (Å²) in [7, 11) is 0. The van der Waals surface area contributed by atoms with Crippen molar-refractivity contribution in [3.8, 4) is 28.2 Å². The van der Waals surface area contributed by atoms with Gasteiger partial charge in [0, 0.05) is 26.6 Å². The minimum atomic E-state index is 0.977. The molecule has 0 fully saturated rings. The standard InChI is InChI=1S/C36H24N2S/c1-23-29(24-12-4-2-5-13-24)22-30(26-15-6-3-7-16-26)37-36(23)38-31-21-20-25-14-8-9-17-27(25)33(31)35-34(38)28-18-10-11-19-32(28)39-35/h2-22H,1H3. The summed E-state index contributed by atoms with van der Waals surface area (Å²) in [5, 5.41) is 5.11. The van der Waals surface area contributed by atoms with Crippen molar-refractivity contribution in [3.63, 3.8) is 0 Å². The van der Waals surface area contributed by atoms with Crippen molar-refractivity contribution in [1.82, 2.24) is 9.55 Å². The monoisotopic (exact) mass is 516 g/mol. The van der Waals surface area contributed by atoms with Gasteiger partial charge in [0.25, 0.3) is 0 Å². The van der Waals surface area contributed by atoms with Crippen LogP contribution in [0.15, 0.2) is 127 Å². The zero-order chi connectivity index (χ0) is 25.9. The maximum atomic E-state index is 5.41. The lowest BCUT2D eigenvalue weighted by atomic mass is 9.98. The molecule has 0 radical (unpaired) electrons. The maximum Gasteiger partial charge on any atom is 0.141 e. The van der Waals surface area contributed by atoms with Crippen LogP contribution in [0, 0.1) is 6.92 Å². The molecule has 0 saturated carbocycles. The Morgan fingerprint density at radius 1 is 0.641 bits per heavy atom. The zero-order valence-electron chi connectivity index (χ0n) is 21.4. The van der Waals surface area contributed by atoms with Crippen molar-refractivity contribution >= 4 is 53.3 Å². The summed E-state index contributed by atoms with van der Waals surface area (Å²) in [5.41, 5.74) is 8.10. The van der Waals surface area contributed by atoms with Crippen molar-refractivity contribution in [2.24, 2.45) is 0 Å². The molecule has 0 amide bonds. The molecule has 184 valence electrons. The first-order valence-corrected chi connectivity index (χ1v) is 14.1. The topological polar surface area (TPSA) is 17.8 Å². The number of hydrogen-bond acceptors (Lipinski definition) is 2. The molecule has 0 bridgehead atoms. The normalized spacial score (nSPS) is 11.7. The van der Waals surface area contributed by atoms with E-state index in [0.717, 1.165) is 17.1 Å². The predicted molar refractivity (Wildman–Crippen MR) is 167 cm³/mol. The molecule has 3 heteroatoms. The number of benzene rings is 5. The van der Waals surface area contributed by atoms with Gasteiger partial charge in [0.2, 0.25) is 0 Å². The maximum absolute atomic E-state index is 5.41. The minimum absolute atomic E-state index is 0.977. The fourth-order valence-corrected chi connectivity index (χ4v) is 7.19. The molecule has 0 spiro atoms. The minimum Gasteiger partial charge on any atom is -0.292 e. The molecule has 39 heavy (non-hydrogen) atoms. The van der Waals surface area contributed by atoms with Crippen molar-refractivity contribution in [2.45, 2.75) is 6.92 Å². The van der Waals surface area contributed by atoms with E-state index in [9.17, 15) is 0 Å². The molecule has 8 rings (SSSR count). The van der Waals surface area contributed by atoms with Gasteiger partial charge in [-0.05, 0) is 47.0 Å². The van der Waals surface area contributed by atoms with Gasteiger partial charge < -0.3 is 0 Å². The van der Waals surface area contributed by atoms with Crippen molar-refractivity contribution in [3.05, 3.63) is 133 Å². The fourth-order valence-electron chi connectivity index (χ4n) is 5.94. The Kier molecular flexibility index (Phi) is 4.94. The molecule has 0 aliphatic rings. The summed E-state index contributed by atoms with van der Waals surface area (Å²) in [5.74, 6) is 0.981. The molecule has 2 nitrogen and oxygen atoms in total. The number of aromatic nitrogens is 2. The second kappa shape index (κ2) is 8.65. The number of hydrogen-bond donors (Lipinski definition) is 0. The van der Waals surface area contributed by atoms with E-state index >= 15 is 0 Å². The molecule has 0 saturated heterocycles. The van der Waals surface area contributed by atoms with Crippen LogP contribution in [-0.2, 0) is 0 Å². The smallest absolute Gasteiger partial charge is 0.141 e. The van der Waals surface area contributed by atoms with E-state index in [0.29, 0.717) is 0 Å². The Labute approximate surface area is 230 Å². The molecule has 0 aliphatic heterocycles. The summed E-state index contributed by atoms with van der Waals surface area (Å²) in [6.07, 6.45) is 0. The molecule has 0 atom stereocenters. The van der Waals surface area contributed by atoms with E-state index in [-0.39, 0.29) is 0 Å². The number of thiophene rings is 1. The highest BCUT2D eigenvalue weighted by molar-refractivity contribution is 7.26. The highest BCUT2D eigenvalue weighted by Gasteiger charge is 2.23. The Morgan fingerprint density at radius 3 is 2.10 bits per heavy atom. The van der Waals surface area contributed by atoms with Gasteiger partial charge in [-0.2, -0.15) is 0 Å². The van der Waals surface area contributed by atoms with E-state index in [1.807, 2.05) is 11.3 Å². The van der Waals surface area contributed by atoms with Crippen LogP contribution >= 0.6 is 11.3 Å². The molecule has 0 N–H and O–H groups in total. The lowest BCUT2D eigenvalue weighted by Gasteiger charge is -2.17. The number of fused-ring (bicyclic) bond motifs is 7. The molecule has 0 aliphatic carbocycles. The SMILES string of the molecule is Cc1c(-c2ccccc2)cc(-c2ccccc2)nc1-n1c2ccc3ccccc3c2c2sc3ccccc3c21. The van der Waals surface area contributed by atoms with Gasteiger partial charge >= 0.3 is 0 Å². The molecule has 3 aromatic heterocycles. The first-order chi connectivity index (χ1) is 19.3. The highest BCUT2D eigenvalue weighted by Crippen LogP contribution is 2.45. The largest absolute Gasteiger partial charge is 0.292 e. The van der Waals surface area contributed by atoms with Crippen LogP contribution in [0.3, 0.4) is 0 Å². The highest BCUT2D eigenvalue weighted by atomic mass is 32.1. The van der Waals surface area contributed by atoms with Gasteiger partial charge in [-0.1, -0.05) is 109 Å². The van der Waals surface area contributed by atoms with Crippen molar-refractivity contribution in [2.75, 3.05) is 0 Å². The van der Waals surface area contributed by atoms with Gasteiger partial charge in [-0.15, -0.1) is 11.3 Å². The summed E-state index contributed by atoms with van der Waals surface area (Å²) in [6.45, 7) is 2.21. The molecule has 8 aromatic rings. The summed E-state index contributed by atoms with van der Waals surface area (Å²) in [4.78, 5) is 5.41. The molecular weight excluding hydrogens is 492 g/mol. The van der Waals surface area contributed by atoms with Crippen LogP contribution < -0.4 is 0 Å². The quantitative estimate of drug-likeness (QED) is 0.228. The van der Waals surface area contributed by atoms with E-state index < -0.39 is 0 Å². The summed E-state index contributed by atoms with van der Waals surface area (Å²) in [6, 6.07) is 45.4. The molecular formula is C36H24N2S. The second-order valence-corrected chi connectivity index (χ2v) is 11.1. The van der Waals surface area contributed by atoms with Crippen LogP contribution in [0.2, 0.25) is 0 Å². The van der Waals surface area contributed by atoms with Crippen molar-refractivity contribution < 1.29 is 0 Å². The third kappa shape index (κ3) is 3.37. The molecule has 0 unspecified atom stereocenters. The Hall–Kier alpha value is -4.73. The van der Waals surface area contributed by atoms with Crippen LogP contribution in [0.1, 0.15) is 5.56 Å². The second-order valence-electron chi connectivity index (χ2n) is 10.0. The van der Waals surface area contributed by atoms with Gasteiger partial charge in [0.15, 0.2) is 0 Å². The van der Waals surface area contributed by atoms with Crippen LogP contribution in [0.25, 0.3) is 70.2 Å². The molecule has 5 aromatic carbocycles. The lowest BCUT2D eigenvalue weighted by molar-refractivity contribution is 1.06. The number of nitrogens with zero attached hydrogens (tertiary/aromatic N) is 2. The Balaban J connectivity index is 1.57. The zero-order valence-corrected chi connectivity index (χ0v) is 22.2. The van der Waals surface area contributed by atoms with Gasteiger partial charge in [-0.3, -0.25) is 4.57 Å². The average Bonchev–Trinajstić information content (AvgIpc) is 3.53. The Bertz CT molecular complexity index is 2170. The van der Waals surface area contributed by atoms with E-state index in [4.69, 9.17) is 4.98 Å². The Morgan fingerprint density at radius 2 is 1.31 bits per heavy atom. The third-order valence-corrected chi connectivity index (χ3v) is 8.96. The third-order valence-electron chi connectivity index (χ3n) is 7.78. The van der Waals surface area contributed by atoms with Crippen molar-refractivity contribution in [1.29, 1.82) is 0 Å². The van der Waals surface area contributed by atoms with Crippen LogP contribution in [0.4, 0.5) is 0 Å². The van der Waals surface area contributed by atoms with E-state index in [2.05, 4.69) is 139 Å². The van der Waals surface area contributed by atoms with E-state index in [1.165, 1.54) is 58.7 Å². The van der Waals surface area contributed by atoms with Crippen LogP contribution in [-0.4, -0.2) is 9.55 Å². The summed E-state index contributed by atoms with van der Waals surface area (Å²) >= 11 is 1.88. The number of rotatable bonds is 3. The average molecular weight is 517 g/mol. The van der Waals surface area contributed by atoms with E-state index in [1.54, 1.807) is 0 Å². The van der Waals surface area contributed by atoms with Crippen LogP contribution in [0.5, 0.6) is 0 Å². The predicted octanol–water partition coefficient (Wildman–Crippen LogP) is 10.2. The van der Waals surface area contributed by atoms with Gasteiger partial charge in [0.05, 0.1) is 21.4 Å². The number of pyridine rings is 1. The lowest BCUT2D eigenvalue weighted by Crippen LogP contribution is -2.04. The molecule has 3 heterocycles. The fraction of sp³-hybridized carbons (Fsp3) is 0.0278. The first-order valence-electron chi connectivity index (χ1n) is 13.2.